The Labute approximate surface area is 162 Å². The standard InChI is InChI=1S/C20H11NO6S/c22-17-12-5-4-11(19(24)25)8-14(12)18(23)21(17)15-9-10(16-2-1-7-28-16)3-6-13(15)20(26)27/h1-9H,(H,24,25)(H,26,27). The average molecular weight is 393 g/mol. The van der Waals surface area contributed by atoms with E-state index in [1.165, 1.54) is 35.6 Å². The topological polar surface area (TPSA) is 112 Å². The molecule has 1 aliphatic rings. The Bertz CT molecular complexity index is 1170. The van der Waals surface area contributed by atoms with Crippen LogP contribution in [0.25, 0.3) is 10.4 Å². The van der Waals surface area contributed by atoms with Crippen molar-refractivity contribution in [1.82, 2.24) is 0 Å². The van der Waals surface area contributed by atoms with E-state index >= 15 is 0 Å². The number of carboxylic acid groups (broad SMARTS) is 2. The number of fused-ring (bicyclic) bond motifs is 1. The SMILES string of the molecule is O=C(O)c1ccc2c(c1)C(=O)N(c1cc(-c3cccs3)ccc1C(=O)O)C2=O. The maximum Gasteiger partial charge on any atom is 0.337 e. The molecule has 8 heteroatoms. The fourth-order valence-corrected chi connectivity index (χ4v) is 3.81. The normalized spacial score (nSPS) is 12.9. The quantitative estimate of drug-likeness (QED) is 0.655. The van der Waals surface area contributed by atoms with Gasteiger partial charge in [0.25, 0.3) is 11.8 Å². The van der Waals surface area contributed by atoms with Crippen LogP contribution in [0.15, 0.2) is 53.9 Å². The van der Waals surface area contributed by atoms with Crippen molar-refractivity contribution in [2.45, 2.75) is 0 Å². The molecule has 0 bridgehead atoms. The Hall–Kier alpha value is -3.78. The van der Waals surface area contributed by atoms with Gasteiger partial charge in [0, 0.05) is 4.88 Å². The summed E-state index contributed by atoms with van der Waals surface area (Å²) >= 11 is 1.43. The van der Waals surface area contributed by atoms with Gasteiger partial charge in [-0.3, -0.25) is 9.59 Å². The third-order valence-electron chi connectivity index (χ3n) is 4.41. The molecule has 28 heavy (non-hydrogen) atoms. The van der Waals surface area contributed by atoms with Crippen molar-refractivity contribution in [3.8, 4) is 10.4 Å². The van der Waals surface area contributed by atoms with Gasteiger partial charge in [-0.25, -0.2) is 14.5 Å². The van der Waals surface area contributed by atoms with Gasteiger partial charge in [0.05, 0.1) is 27.9 Å². The van der Waals surface area contributed by atoms with Crippen molar-refractivity contribution in [3.05, 3.63) is 76.2 Å². The molecular weight excluding hydrogens is 382 g/mol. The van der Waals surface area contributed by atoms with E-state index in [9.17, 15) is 24.3 Å². The number of thiophene rings is 1. The largest absolute Gasteiger partial charge is 0.478 e. The minimum atomic E-state index is -1.28. The van der Waals surface area contributed by atoms with Gasteiger partial charge < -0.3 is 10.2 Å². The van der Waals surface area contributed by atoms with Crippen LogP contribution >= 0.6 is 11.3 Å². The van der Waals surface area contributed by atoms with Crippen LogP contribution < -0.4 is 4.90 Å². The van der Waals surface area contributed by atoms with Gasteiger partial charge in [0.1, 0.15) is 0 Å². The second-order valence-corrected chi connectivity index (χ2v) is 6.97. The number of nitrogens with zero attached hydrogens (tertiary/aromatic N) is 1. The van der Waals surface area contributed by atoms with Crippen LogP contribution in [-0.2, 0) is 0 Å². The molecular formula is C20H11NO6S. The zero-order valence-corrected chi connectivity index (χ0v) is 14.9. The number of anilines is 1. The summed E-state index contributed by atoms with van der Waals surface area (Å²) in [5.41, 5.74) is 0.246. The van der Waals surface area contributed by atoms with Crippen molar-refractivity contribution in [1.29, 1.82) is 0 Å². The van der Waals surface area contributed by atoms with Crippen molar-refractivity contribution in [2.75, 3.05) is 4.90 Å². The maximum atomic E-state index is 12.9. The first-order valence-electron chi connectivity index (χ1n) is 8.06. The van der Waals surface area contributed by atoms with Gasteiger partial charge in [0.2, 0.25) is 0 Å². The third-order valence-corrected chi connectivity index (χ3v) is 5.33. The van der Waals surface area contributed by atoms with E-state index in [-0.39, 0.29) is 27.9 Å². The van der Waals surface area contributed by atoms with E-state index in [0.717, 1.165) is 15.8 Å². The molecule has 138 valence electrons. The van der Waals surface area contributed by atoms with Gasteiger partial charge in [-0.05, 0) is 47.3 Å². The van der Waals surface area contributed by atoms with Crippen molar-refractivity contribution in [2.24, 2.45) is 0 Å². The van der Waals surface area contributed by atoms with E-state index in [1.54, 1.807) is 6.07 Å². The Kier molecular flexibility index (Phi) is 4.05. The Balaban J connectivity index is 1.87. The van der Waals surface area contributed by atoms with E-state index < -0.39 is 23.8 Å². The predicted octanol–water partition coefficient (Wildman–Crippen LogP) is 3.61. The highest BCUT2D eigenvalue weighted by Crippen LogP contribution is 2.35. The lowest BCUT2D eigenvalue weighted by Gasteiger charge is -2.17. The molecule has 0 spiro atoms. The van der Waals surface area contributed by atoms with E-state index in [2.05, 4.69) is 0 Å². The number of hydrogen-bond donors (Lipinski definition) is 2. The summed E-state index contributed by atoms with van der Waals surface area (Å²) in [5, 5.41) is 20.5. The summed E-state index contributed by atoms with van der Waals surface area (Å²) in [6.07, 6.45) is 0. The second-order valence-electron chi connectivity index (χ2n) is 6.03. The minimum absolute atomic E-state index is 0.0351. The zero-order chi connectivity index (χ0) is 20.0. The third kappa shape index (κ3) is 2.67. The lowest BCUT2D eigenvalue weighted by molar-refractivity contribution is 0.0686. The number of carboxylic acids is 2. The minimum Gasteiger partial charge on any atom is -0.478 e. The van der Waals surface area contributed by atoms with Crippen LogP contribution in [0.2, 0.25) is 0 Å². The number of imide groups is 1. The highest BCUT2D eigenvalue weighted by Gasteiger charge is 2.39. The predicted molar refractivity (Wildman–Crippen MR) is 101 cm³/mol. The number of amides is 2. The number of benzene rings is 2. The van der Waals surface area contributed by atoms with Crippen LogP contribution in [0.5, 0.6) is 0 Å². The molecule has 3 aromatic rings. The zero-order valence-electron chi connectivity index (χ0n) is 14.1. The van der Waals surface area contributed by atoms with Crippen LogP contribution in [0.3, 0.4) is 0 Å². The molecule has 2 amide bonds. The molecule has 1 aromatic heterocycles. The molecule has 0 saturated heterocycles. The Morgan fingerprint density at radius 3 is 2.25 bits per heavy atom. The summed E-state index contributed by atoms with van der Waals surface area (Å²) in [6.45, 7) is 0. The van der Waals surface area contributed by atoms with Gasteiger partial charge in [-0.2, -0.15) is 0 Å². The molecule has 4 rings (SSSR count). The number of aromatic carboxylic acids is 2. The van der Waals surface area contributed by atoms with Crippen LogP contribution in [0, 0.1) is 0 Å². The maximum absolute atomic E-state index is 12.9. The highest BCUT2D eigenvalue weighted by atomic mass is 32.1. The summed E-state index contributed by atoms with van der Waals surface area (Å²) < 4.78 is 0. The summed E-state index contributed by atoms with van der Waals surface area (Å²) in [7, 11) is 0. The molecule has 0 radical (unpaired) electrons. The number of rotatable bonds is 4. The fourth-order valence-electron chi connectivity index (χ4n) is 3.09. The highest BCUT2D eigenvalue weighted by molar-refractivity contribution is 7.13. The van der Waals surface area contributed by atoms with Crippen LogP contribution in [-0.4, -0.2) is 34.0 Å². The Morgan fingerprint density at radius 1 is 0.857 bits per heavy atom. The molecule has 0 atom stereocenters. The summed E-state index contributed by atoms with van der Waals surface area (Å²) in [4.78, 5) is 50.2. The summed E-state index contributed by atoms with van der Waals surface area (Å²) in [6, 6.07) is 11.7. The van der Waals surface area contributed by atoms with E-state index in [0.29, 0.717) is 5.56 Å². The van der Waals surface area contributed by atoms with Crippen molar-refractivity contribution in [3.63, 3.8) is 0 Å². The average Bonchev–Trinajstić information content (AvgIpc) is 3.29. The molecule has 0 fully saturated rings. The number of carbonyl (C=O) groups is 4. The molecule has 2 N–H and O–H groups in total. The lowest BCUT2D eigenvalue weighted by Crippen LogP contribution is -2.31. The molecule has 7 nitrogen and oxygen atoms in total. The van der Waals surface area contributed by atoms with E-state index in [4.69, 9.17) is 5.11 Å². The van der Waals surface area contributed by atoms with Crippen LogP contribution in [0.4, 0.5) is 5.69 Å². The molecule has 2 heterocycles. The van der Waals surface area contributed by atoms with Gasteiger partial charge in [-0.15, -0.1) is 11.3 Å². The Morgan fingerprint density at radius 2 is 1.61 bits per heavy atom. The molecule has 0 saturated carbocycles. The first kappa shape index (κ1) is 17.6. The van der Waals surface area contributed by atoms with Gasteiger partial charge in [0.15, 0.2) is 0 Å². The smallest absolute Gasteiger partial charge is 0.337 e. The van der Waals surface area contributed by atoms with Crippen molar-refractivity contribution >= 4 is 40.8 Å². The van der Waals surface area contributed by atoms with Gasteiger partial charge in [-0.1, -0.05) is 12.1 Å². The molecule has 0 unspecified atom stereocenters. The molecule has 0 aliphatic carbocycles. The monoisotopic (exact) mass is 393 g/mol. The number of hydrogen-bond acceptors (Lipinski definition) is 5. The second kappa shape index (κ2) is 6.43. The van der Waals surface area contributed by atoms with Crippen molar-refractivity contribution < 1.29 is 29.4 Å². The fraction of sp³-hybridized carbons (Fsp3) is 0. The van der Waals surface area contributed by atoms with E-state index in [1.807, 2.05) is 17.5 Å². The first-order chi connectivity index (χ1) is 13.4. The first-order valence-corrected chi connectivity index (χ1v) is 8.94. The summed E-state index contributed by atoms with van der Waals surface area (Å²) in [5.74, 6) is -3.96. The number of carbonyl (C=O) groups excluding carboxylic acids is 2. The molecule has 2 aromatic carbocycles. The lowest BCUT2D eigenvalue weighted by atomic mass is 10.1. The molecule has 1 aliphatic heterocycles. The van der Waals surface area contributed by atoms with Crippen LogP contribution in [0.1, 0.15) is 41.4 Å². The van der Waals surface area contributed by atoms with Gasteiger partial charge >= 0.3 is 11.9 Å².